The molecule has 0 spiro atoms. The van der Waals surface area contributed by atoms with Crippen LogP contribution in [0.2, 0.25) is 0 Å². The average molecular weight is 127 g/mol. The zero-order chi connectivity index (χ0) is 6.69. The second-order valence-corrected chi connectivity index (χ2v) is 2.99. The van der Waals surface area contributed by atoms with E-state index in [-0.39, 0.29) is 0 Å². The van der Waals surface area contributed by atoms with Crippen LogP contribution in [0.3, 0.4) is 0 Å². The maximum absolute atomic E-state index is 8.82. The Kier molecular flexibility index (Phi) is 2.52. The van der Waals surface area contributed by atoms with Gasteiger partial charge < -0.3 is 5.11 Å². The third kappa shape index (κ3) is 1.68. The van der Waals surface area contributed by atoms with Crippen molar-refractivity contribution in [3.05, 3.63) is 6.92 Å². The van der Waals surface area contributed by atoms with Crippen LogP contribution in [0, 0.1) is 18.8 Å². The van der Waals surface area contributed by atoms with Crippen LogP contribution in [0.15, 0.2) is 0 Å². The van der Waals surface area contributed by atoms with Gasteiger partial charge in [0.25, 0.3) is 0 Å². The molecule has 0 aromatic heterocycles. The van der Waals surface area contributed by atoms with E-state index in [0.717, 1.165) is 0 Å². The molecule has 9 heavy (non-hydrogen) atoms. The van der Waals surface area contributed by atoms with Gasteiger partial charge in [-0.3, -0.25) is 0 Å². The molecule has 1 heteroatoms. The Morgan fingerprint density at radius 3 is 2.44 bits per heavy atom. The molecule has 0 bridgehead atoms. The predicted molar refractivity (Wildman–Crippen MR) is 37.9 cm³/mol. The lowest BCUT2D eigenvalue weighted by Gasteiger charge is -2.26. The van der Waals surface area contributed by atoms with Gasteiger partial charge in [-0.05, 0) is 25.2 Å². The molecule has 1 N–H and O–H groups in total. The van der Waals surface area contributed by atoms with E-state index >= 15 is 0 Å². The summed E-state index contributed by atoms with van der Waals surface area (Å²) in [7, 11) is 0. The zero-order valence-electron chi connectivity index (χ0n) is 5.84. The Labute approximate surface area is 57.1 Å². The Bertz CT molecular complexity index is 80.6. The van der Waals surface area contributed by atoms with Crippen LogP contribution in [0.1, 0.15) is 25.7 Å². The molecule has 0 heterocycles. The molecule has 0 saturated heterocycles. The molecule has 0 aromatic rings. The van der Waals surface area contributed by atoms with Gasteiger partial charge in [0.2, 0.25) is 0 Å². The lowest BCUT2D eigenvalue weighted by Crippen LogP contribution is -2.19. The first-order valence-corrected chi connectivity index (χ1v) is 3.78. The summed E-state index contributed by atoms with van der Waals surface area (Å²) in [5, 5.41) is 8.82. The fourth-order valence-corrected chi connectivity index (χ4v) is 1.52. The van der Waals surface area contributed by atoms with Crippen molar-refractivity contribution >= 4 is 0 Å². The van der Waals surface area contributed by atoms with E-state index in [1.54, 1.807) is 0 Å². The molecule has 0 amide bonds. The van der Waals surface area contributed by atoms with E-state index in [0.29, 0.717) is 18.4 Å². The van der Waals surface area contributed by atoms with E-state index in [1.807, 2.05) is 0 Å². The Morgan fingerprint density at radius 1 is 1.33 bits per heavy atom. The smallest absolute Gasteiger partial charge is 0.0461 e. The minimum Gasteiger partial charge on any atom is -0.396 e. The number of hydrogen-bond donors (Lipinski definition) is 1. The van der Waals surface area contributed by atoms with Gasteiger partial charge >= 0.3 is 0 Å². The topological polar surface area (TPSA) is 20.2 Å². The van der Waals surface area contributed by atoms with E-state index < -0.39 is 0 Å². The van der Waals surface area contributed by atoms with Gasteiger partial charge in [-0.1, -0.05) is 19.3 Å². The zero-order valence-corrected chi connectivity index (χ0v) is 5.84. The monoisotopic (exact) mass is 127 g/mol. The summed E-state index contributed by atoms with van der Waals surface area (Å²) in [5.74, 6) is 1.02. The molecule has 53 valence electrons. The van der Waals surface area contributed by atoms with E-state index in [9.17, 15) is 0 Å². The Balaban J connectivity index is 2.30. The molecule has 0 aromatic carbocycles. The van der Waals surface area contributed by atoms with Crippen LogP contribution in [0.5, 0.6) is 0 Å². The highest BCUT2D eigenvalue weighted by Gasteiger charge is 2.19. The summed E-state index contributed by atoms with van der Waals surface area (Å²) in [6.45, 7) is 4.33. The minimum atomic E-state index is 0.341. The molecule has 1 aliphatic rings. The molecular weight excluding hydrogens is 112 g/mol. The Hall–Kier alpha value is -0.0400. The van der Waals surface area contributed by atoms with Crippen LogP contribution in [0.4, 0.5) is 0 Å². The van der Waals surface area contributed by atoms with E-state index in [4.69, 9.17) is 5.11 Å². The third-order valence-electron chi connectivity index (χ3n) is 2.30. The molecule has 1 saturated carbocycles. The van der Waals surface area contributed by atoms with Crippen LogP contribution >= 0.6 is 0 Å². The van der Waals surface area contributed by atoms with Crippen LogP contribution in [-0.4, -0.2) is 11.7 Å². The first-order valence-electron chi connectivity index (χ1n) is 3.78. The second-order valence-electron chi connectivity index (χ2n) is 2.99. The van der Waals surface area contributed by atoms with Crippen molar-refractivity contribution < 1.29 is 5.11 Å². The summed E-state index contributed by atoms with van der Waals surface area (Å²) in [6.07, 6.45) is 5.00. The minimum absolute atomic E-state index is 0.341. The van der Waals surface area contributed by atoms with Gasteiger partial charge in [0.1, 0.15) is 0 Å². The summed E-state index contributed by atoms with van der Waals surface area (Å²) >= 11 is 0. The lowest BCUT2D eigenvalue weighted by molar-refractivity contribution is 0.156. The molecular formula is C8H15O. The fourth-order valence-electron chi connectivity index (χ4n) is 1.52. The van der Waals surface area contributed by atoms with Crippen LogP contribution in [0.25, 0.3) is 0 Å². The highest BCUT2D eigenvalue weighted by atomic mass is 16.3. The van der Waals surface area contributed by atoms with Crippen LogP contribution < -0.4 is 0 Å². The van der Waals surface area contributed by atoms with Gasteiger partial charge in [-0.2, -0.15) is 0 Å². The van der Waals surface area contributed by atoms with Gasteiger partial charge in [-0.25, -0.2) is 0 Å². The van der Waals surface area contributed by atoms with Gasteiger partial charge in [0, 0.05) is 6.61 Å². The van der Waals surface area contributed by atoms with Crippen molar-refractivity contribution in [3.63, 3.8) is 0 Å². The number of hydrogen-bond acceptors (Lipinski definition) is 1. The first kappa shape index (κ1) is 7.07. The molecule has 1 fully saturated rings. The predicted octanol–water partition coefficient (Wildman–Crippen LogP) is 1.62. The summed E-state index contributed by atoms with van der Waals surface area (Å²) in [6, 6.07) is 0. The first-order chi connectivity index (χ1) is 4.34. The highest BCUT2D eigenvalue weighted by molar-refractivity contribution is 4.75. The van der Waals surface area contributed by atoms with Crippen molar-refractivity contribution in [2.75, 3.05) is 6.61 Å². The quantitative estimate of drug-likeness (QED) is 0.567. The average Bonchev–Trinajstić information content (AvgIpc) is 1.89. The van der Waals surface area contributed by atoms with Crippen molar-refractivity contribution in [2.45, 2.75) is 25.7 Å². The van der Waals surface area contributed by atoms with E-state index in [2.05, 4.69) is 6.92 Å². The molecule has 1 radical (unpaired) electrons. The summed E-state index contributed by atoms with van der Waals surface area (Å²) in [5.41, 5.74) is 0. The summed E-state index contributed by atoms with van der Waals surface area (Å²) < 4.78 is 0. The molecule has 2 atom stereocenters. The molecule has 1 rings (SSSR count). The fraction of sp³-hybridized carbons (Fsp3) is 0.875. The largest absolute Gasteiger partial charge is 0.396 e. The van der Waals surface area contributed by atoms with Crippen molar-refractivity contribution in [2.24, 2.45) is 11.8 Å². The molecule has 2 unspecified atom stereocenters. The SMILES string of the molecule is [CH2]C1CCCCC1CO. The number of aliphatic hydroxyl groups is 1. The number of aliphatic hydroxyl groups excluding tert-OH is 1. The standard InChI is InChI=1S/C8H15O/c1-7-4-2-3-5-8(7)6-9/h7-9H,1-6H2. The normalized spacial score (nSPS) is 36.7. The van der Waals surface area contributed by atoms with Crippen molar-refractivity contribution in [3.8, 4) is 0 Å². The van der Waals surface area contributed by atoms with Crippen molar-refractivity contribution in [1.82, 2.24) is 0 Å². The number of rotatable bonds is 1. The highest BCUT2D eigenvalue weighted by Crippen LogP contribution is 2.28. The summed E-state index contributed by atoms with van der Waals surface area (Å²) in [4.78, 5) is 0. The maximum atomic E-state index is 8.82. The second kappa shape index (κ2) is 3.21. The lowest BCUT2D eigenvalue weighted by atomic mass is 9.81. The maximum Gasteiger partial charge on any atom is 0.0461 e. The van der Waals surface area contributed by atoms with Crippen LogP contribution in [-0.2, 0) is 0 Å². The Morgan fingerprint density at radius 2 is 2.00 bits per heavy atom. The molecule has 0 aliphatic heterocycles. The molecule has 1 nitrogen and oxygen atoms in total. The van der Waals surface area contributed by atoms with Gasteiger partial charge in [-0.15, -0.1) is 0 Å². The van der Waals surface area contributed by atoms with Gasteiger partial charge in [0.15, 0.2) is 0 Å². The van der Waals surface area contributed by atoms with Gasteiger partial charge in [0.05, 0.1) is 0 Å². The van der Waals surface area contributed by atoms with Crippen molar-refractivity contribution in [1.29, 1.82) is 0 Å². The molecule has 1 aliphatic carbocycles. The third-order valence-corrected chi connectivity index (χ3v) is 2.30. The van der Waals surface area contributed by atoms with E-state index in [1.165, 1.54) is 25.7 Å².